The van der Waals surface area contributed by atoms with E-state index >= 15 is 0 Å². The topological polar surface area (TPSA) is 160 Å². The zero-order chi connectivity index (χ0) is 45.2. The van der Waals surface area contributed by atoms with Crippen molar-refractivity contribution in [1.82, 2.24) is 20.8 Å². The van der Waals surface area contributed by atoms with Gasteiger partial charge in [0, 0.05) is 47.8 Å². The van der Waals surface area contributed by atoms with Gasteiger partial charge >= 0.3 is 0 Å². The molecule has 14 heteroatoms. The van der Waals surface area contributed by atoms with Gasteiger partial charge in [-0.15, -0.1) is 6.58 Å². The van der Waals surface area contributed by atoms with Crippen LogP contribution in [0.3, 0.4) is 0 Å². The first-order valence-corrected chi connectivity index (χ1v) is 19.7. The highest BCUT2D eigenvalue weighted by Crippen LogP contribution is 2.16. The summed E-state index contributed by atoms with van der Waals surface area (Å²) >= 11 is 0. The molecule has 0 aromatic heterocycles. The molecule has 2 atom stereocenters. The standard InChI is InChI=1S/C25H33N3O4.C22H27N3O4/c1-7-10-17-22(25(30)28(5)31-6)27-24(29)21-16-13-12-15-20(21)19(4)26-23(14-9-3)32-18-11-8-2;1-5-11-20-23-16(2)17-12-8-9-13-18(17)21(26)24-19(22(27)25(3)28-4)14-7-6-10-15-29-20/h7-10,12-16,22H,2-3,11,17-18H2,1,4-6H3,(H,27,29);5-9,11-13,19H,1,10,14-15H2,2-4H3,(H,24,26)/b10-7+,23-14+,26-19+;7-6-,20-11+,23-16+. The maximum Gasteiger partial charge on any atom is 0.268 e. The Labute approximate surface area is 360 Å². The Kier molecular flexibility index (Phi) is 23.1. The summed E-state index contributed by atoms with van der Waals surface area (Å²) in [5.74, 6) is -0.630. The molecule has 0 aliphatic carbocycles. The van der Waals surface area contributed by atoms with Crippen LogP contribution in [0.1, 0.15) is 78.3 Å². The number of ether oxygens (including phenoxy) is 2. The van der Waals surface area contributed by atoms with E-state index in [0.717, 1.165) is 10.1 Å². The molecule has 0 bridgehead atoms. The Morgan fingerprint density at radius 3 is 2.31 bits per heavy atom. The monoisotopic (exact) mass is 836 g/mol. The fraction of sp³-hybridized carbons (Fsp3) is 0.319. The first-order valence-electron chi connectivity index (χ1n) is 19.7. The lowest BCUT2D eigenvalue weighted by molar-refractivity contribution is -0.171. The van der Waals surface area contributed by atoms with Crippen molar-refractivity contribution in [1.29, 1.82) is 0 Å². The van der Waals surface area contributed by atoms with E-state index in [1.54, 1.807) is 74.6 Å². The van der Waals surface area contributed by atoms with E-state index in [9.17, 15) is 19.2 Å². The van der Waals surface area contributed by atoms with Crippen LogP contribution in [0.5, 0.6) is 0 Å². The molecule has 1 aliphatic heterocycles. The minimum Gasteiger partial charge on any atom is -0.477 e. The largest absolute Gasteiger partial charge is 0.477 e. The van der Waals surface area contributed by atoms with E-state index in [-0.39, 0.29) is 23.6 Å². The van der Waals surface area contributed by atoms with Crippen molar-refractivity contribution in [2.75, 3.05) is 41.5 Å². The van der Waals surface area contributed by atoms with Gasteiger partial charge in [0.1, 0.15) is 12.1 Å². The lowest BCUT2D eigenvalue weighted by Crippen LogP contribution is -2.47. The number of hydrogen-bond acceptors (Lipinski definition) is 10. The second-order valence-corrected chi connectivity index (χ2v) is 13.1. The first-order chi connectivity index (χ1) is 29.4. The maximum absolute atomic E-state index is 13.1. The van der Waals surface area contributed by atoms with Gasteiger partial charge in [-0.2, -0.15) is 0 Å². The minimum absolute atomic E-state index is 0.336. The van der Waals surface area contributed by atoms with E-state index in [2.05, 4.69) is 40.4 Å². The van der Waals surface area contributed by atoms with E-state index in [1.165, 1.54) is 28.3 Å². The predicted octanol–water partition coefficient (Wildman–Crippen LogP) is 7.21. The summed E-state index contributed by atoms with van der Waals surface area (Å²) in [7, 11) is 5.81. The third kappa shape index (κ3) is 16.9. The summed E-state index contributed by atoms with van der Waals surface area (Å²) in [6, 6.07) is 12.6. The van der Waals surface area contributed by atoms with Gasteiger partial charge in [0.25, 0.3) is 23.6 Å². The molecule has 2 N–H and O–H groups in total. The van der Waals surface area contributed by atoms with E-state index < -0.39 is 12.1 Å². The SMILES string of the molecule is C=C/C=C(\N=C(/C)c1ccccc1C(=O)NC(C/C=C/C)C(=O)N(C)OC)OCCC=C.C=C/C=C1\N=C(/C)c2ccccc2C(=O)NC(C(=O)N(C)OC)C/C=C\CCO1. The van der Waals surface area contributed by atoms with Gasteiger partial charge in [0.2, 0.25) is 11.8 Å². The molecular weight excluding hydrogens is 777 g/mol. The van der Waals surface area contributed by atoms with Gasteiger partial charge < -0.3 is 20.1 Å². The maximum atomic E-state index is 13.1. The van der Waals surface area contributed by atoms with Crippen LogP contribution in [0.25, 0.3) is 0 Å². The average molecular weight is 837 g/mol. The minimum atomic E-state index is -0.771. The number of benzene rings is 2. The molecule has 0 fully saturated rings. The van der Waals surface area contributed by atoms with Crippen LogP contribution in [0.15, 0.2) is 145 Å². The number of nitrogens with one attached hydrogen (secondary N) is 2. The van der Waals surface area contributed by atoms with Crippen molar-refractivity contribution >= 4 is 35.1 Å². The van der Waals surface area contributed by atoms with Crippen LogP contribution in [0.2, 0.25) is 0 Å². The van der Waals surface area contributed by atoms with Crippen molar-refractivity contribution in [2.24, 2.45) is 9.98 Å². The molecule has 3 rings (SSSR count). The predicted molar refractivity (Wildman–Crippen MR) is 240 cm³/mol. The molecule has 14 nitrogen and oxygen atoms in total. The highest BCUT2D eigenvalue weighted by atomic mass is 16.7. The molecule has 4 amide bonds. The number of fused-ring (bicyclic) bond motifs is 1. The second kappa shape index (κ2) is 27.9. The molecular formula is C47H60N6O8. The summed E-state index contributed by atoms with van der Waals surface area (Å²) < 4.78 is 11.4. The summed E-state index contributed by atoms with van der Waals surface area (Å²) in [4.78, 5) is 70.3. The number of hydrogen-bond donors (Lipinski definition) is 2. The van der Waals surface area contributed by atoms with Crippen molar-refractivity contribution in [3.63, 3.8) is 0 Å². The molecule has 0 saturated carbocycles. The van der Waals surface area contributed by atoms with Crippen LogP contribution >= 0.6 is 0 Å². The lowest BCUT2D eigenvalue weighted by atomic mass is 10.0. The van der Waals surface area contributed by atoms with Gasteiger partial charge in [-0.1, -0.05) is 92.1 Å². The zero-order valence-electron chi connectivity index (χ0n) is 36.4. The Morgan fingerprint density at radius 1 is 1.00 bits per heavy atom. The van der Waals surface area contributed by atoms with Gasteiger partial charge in [0.05, 0.1) is 27.4 Å². The molecule has 0 radical (unpaired) electrons. The highest BCUT2D eigenvalue weighted by Gasteiger charge is 2.26. The molecule has 0 spiro atoms. The van der Waals surface area contributed by atoms with E-state index in [4.69, 9.17) is 19.1 Å². The molecule has 1 heterocycles. The number of amides is 4. The van der Waals surface area contributed by atoms with Crippen LogP contribution in [0.4, 0.5) is 0 Å². The van der Waals surface area contributed by atoms with Crippen molar-refractivity contribution < 1.29 is 38.3 Å². The normalized spacial score (nSPS) is 17.3. The smallest absolute Gasteiger partial charge is 0.268 e. The Balaban J connectivity index is 0.000000422. The first kappa shape index (κ1) is 50.5. The second-order valence-electron chi connectivity index (χ2n) is 13.1. The summed E-state index contributed by atoms with van der Waals surface area (Å²) in [5.41, 5.74) is 3.31. The third-order valence-corrected chi connectivity index (χ3v) is 8.83. The Morgan fingerprint density at radius 2 is 1.67 bits per heavy atom. The molecule has 2 aromatic carbocycles. The summed E-state index contributed by atoms with van der Waals surface area (Å²) in [5, 5.41) is 7.83. The van der Waals surface area contributed by atoms with Gasteiger partial charge in [-0.25, -0.2) is 20.1 Å². The quantitative estimate of drug-likeness (QED) is 0.0448. The molecule has 1 aliphatic rings. The number of carbonyl (C=O) groups is 4. The fourth-order valence-corrected chi connectivity index (χ4v) is 5.52. The Bertz CT molecular complexity index is 2010. The third-order valence-electron chi connectivity index (χ3n) is 8.83. The van der Waals surface area contributed by atoms with Crippen LogP contribution in [-0.2, 0) is 28.7 Å². The number of carbonyl (C=O) groups excluding carboxylic acids is 4. The lowest BCUT2D eigenvalue weighted by Gasteiger charge is -2.22. The number of allylic oxidation sites excluding steroid dienone is 5. The molecule has 0 saturated heterocycles. The van der Waals surface area contributed by atoms with Crippen LogP contribution < -0.4 is 10.6 Å². The number of hydroxylamine groups is 4. The molecule has 2 unspecified atom stereocenters. The number of rotatable bonds is 16. The van der Waals surface area contributed by atoms with Gasteiger partial charge in [0.15, 0.2) is 0 Å². The molecule has 61 heavy (non-hydrogen) atoms. The average Bonchev–Trinajstić information content (AvgIpc) is 3.27. The number of nitrogens with zero attached hydrogens (tertiary/aromatic N) is 4. The van der Waals surface area contributed by atoms with E-state index in [0.29, 0.717) is 84.3 Å². The van der Waals surface area contributed by atoms with Crippen molar-refractivity contribution in [2.45, 2.75) is 58.5 Å². The van der Waals surface area contributed by atoms with Gasteiger partial charge in [-0.05, 0) is 70.7 Å². The van der Waals surface area contributed by atoms with E-state index in [1.807, 2.05) is 49.4 Å². The van der Waals surface area contributed by atoms with Crippen LogP contribution in [-0.4, -0.2) is 98.8 Å². The molecule has 326 valence electrons. The summed E-state index contributed by atoms with van der Waals surface area (Å²) in [6.45, 7) is 17.4. The fourth-order valence-electron chi connectivity index (χ4n) is 5.52. The molecule has 2 aromatic rings. The van der Waals surface area contributed by atoms with Crippen LogP contribution in [0, 0.1) is 0 Å². The Hall–Kier alpha value is -6.64. The number of aliphatic imine (C=N–C) groups is 2. The van der Waals surface area contributed by atoms with Crippen molar-refractivity contribution in [3.8, 4) is 0 Å². The van der Waals surface area contributed by atoms with Gasteiger partial charge in [-0.3, -0.25) is 28.9 Å². The van der Waals surface area contributed by atoms with Crippen molar-refractivity contribution in [3.05, 3.63) is 157 Å². The highest BCUT2D eigenvalue weighted by molar-refractivity contribution is 6.11. The number of likely N-dealkylation sites (N-methyl/N-ethyl adjacent to an activating group) is 2. The zero-order valence-corrected chi connectivity index (χ0v) is 36.4. The summed E-state index contributed by atoms with van der Waals surface area (Å²) in [6.07, 6.45) is 17.7.